The number of piperidine rings is 1. The van der Waals surface area contributed by atoms with E-state index in [9.17, 15) is 32.7 Å². The fraction of sp³-hybridized carbons (Fsp3) is 0.632. The molecule has 0 aromatic carbocycles. The maximum atomic E-state index is 13.0. The molecule has 0 bridgehead atoms. The highest BCUT2D eigenvalue weighted by Gasteiger charge is 2.30. The molecule has 0 atom stereocenters. The summed E-state index contributed by atoms with van der Waals surface area (Å²) < 4.78 is 43.1. The quantitative estimate of drug-likeness (QED) is 0.708. The number of amides is 1. The average Bonchev–Trinajstić information content (AvgIpc) is 3.04. The Kier molecular flexibility index (Phi) is 6.92. The van der Waals surface area contributed by atoms with Crippen LogP contribution in [-0.4, -0.2) is 57.2 Å². The van der Waals surface area contributed by atoms with Crippen LogP contribution in [0.3, 0.4) is 0 Å². The molecular formula is C19H24F3N3O5S. The number of thiophene rings is 1. The third-order valence-corrected chi connectivity index (χ3v) is 6.57. The monoisotopic (exact) mass is 463 g/mol. The lowest BCUT2D eigenvalue weighted by Crippen LogP contribution is -2.40. The first-order valence-electron chi connectivity index (χ1n) is 10.00. The summed E-state index contributed by atoms with van der Waals surface area (Å²) in [6.45, 7) is 2.99. The Morgan fingerprint density at radius 3 is 2.42 bits per heavy atom. The van der Waals surface area contributed by atoms with Gasteiger partial charge in [-0.15, -0.1) is 24.5 Å². The summed E-state index contributed by atoms with van der Waals surface area (Å²) in [6, 6.07) is 0. The number of nitrogens with zero attached hydrogens (tertiary/aromatic N) is 3. The lowest BCUT2D eigenvalue weighted by atomic mass is 10.1. The molecule has 3 rings (SSSR count). The molecule has 0 saturated carbocycles. The number of fused-ring (bicyclic) bond motifs is 1. The van der Waals surface area contributed by atoms with Crippen LogP contribution in [0.4, 0.5) is 13.2 Å². The predicted molar refractivity (Wildman–Crippen MR) is 109 cm³/mol. The van der Waals surface area contributed by atoms with Crippen molar-refractivity contribution in [2.45, 2.75) is 58.7 Å². The van der Waals surface area contributed by atoms with Crippen molar-refractivity contribution in [3.05, 3.63) is 31.3 Å². The van der Waals surface area contributed by atoms with E-state index in [2.05, 4.69) is 4.74 Å². The number of hydrogen-bond acceptors (Lipinski definition) is 6. The molecule has 1 aliphatic heterocycles. The molecule has 1 aliphatic rings. The number of aryl methyl sites for hydroxylation is 1. The molecule has 0 aliphatic carbocycles. The van der Waals surface area contributed by atoms with Gasteiger partial charge in [0.05, 0.1) is 29.5 Å². The van der Waals surface area contributed by atoms with Gasteiger partial charge in [0.15, 0.2) is 0 Å². The third kappa shape index (κ3) is 4.85. The number of ether oxygens (including phenoxy) is 1. The second-order valence-electron chi connectivity index (χ2n) is 7.44. The zero-order valence-corrected chi connectivity index (χ0v) is 18.0. The molecule has 0 spiro atoms. The van der Waals surface area contributed by atoms with Crippen LogP contribution < -0.4 is 11.2 Å². The van der Waals surface area contributed by atoms with E-state index in [1.54, 1.807) is 18.7 Å². The Bertz CT molecular complexity index is 1080. The molecule has 12 heteroatoms. The van der Waals surface area contributed by atoms with Crippen LogP contribution in [-0.2, 0) is 17.8 Å². The summed E-state index contributed by atoms with van der Waals surface area (Å²) in [4.78, 5) is 40.9. The minimum atomic E-state index is -4.84. The van der Waals surface area contributed by atoms with Gasteiger partial charge in [0, 0.05) is 19.6 Å². The molecule has 2 aromatic rings. The van der Waals surface area contributed by atoms with Gasteiger partial charge in [-0.2, -0.15) is 0 Å². The zero-order valence-electron chi connectivity index (χ0n) is 17.2. The summed E-state index contributed by atoms with van der Waals surface area (Å²) >= 11 is 0.925. The Balaban J connectivity index is 2.09. The number of likely N-dealkylation sites (tertiary alicyclic amines) is 1. The third-order valence-electron chi connectivity index (χ3n) is 5.27. The average molecular weight is 463 g/mol. The minimum absolute atomic E-state index is 0.107. The number of aromatic nitrogens is 2. The summed E-state index contributed by atoms with van der Waals surface area (Å²) in [5.41, 5.74) is -0.889. The number of rotatable bonds is 6. The van der Waals surface area contributed by atoms with Crippen molar-refractivity contribution in [1.82, 2.24) is 14.0 Å². The van der Waals surface area contributed by atoms with Crippen molar-refractivity contribution in [2.24, 2.45) is 0 Å². The first-order chi connectivity index (χ1) is 14.5. The zero-order chi connectivity index (χ0) is 22.9. The maximum absolute atomic E-state index is 13.0. The molecule has 1 saturated heterocycles. The molecule has 31 heavy (non-hydrogen) atoms. The van der Waals surface area contributed by atoms with Gasteiger partial charge in [-0.05, 0) is 31.7 Å². The first-order valence-corrected chi connectivity index (χ1v) is 10.8. The van der Waals surface area contributed by atoms with Crippen LogP contribution in [0.25, 0.3) is 10.2 Å². The Morgan fingerprint density at radius 1 is 1.19 bits per heavy atom. The van der Waals surface area contributed by atoms with Gasteiger partial charge in [-0.25, -0.2) is 4.79 Å². The second kappa shape index (κ2) is 9.13. The van der Waals surface area contributed by atoms with E-state index in [0.717, 1.165) is 20.5 Å². The molecular weight excluding hydrogens is 439 g/mol. The smallest absolute Gasteiger partial charge is 0.393 e. The SMILES string of the molecule is CCCn1c(=O)c2c(C)c(C(=O)N3CCC(O)CC3)sc2n(CCOC(F)(F)F)c1=O. The van der Waals surface area contributed by atoms with E-state index >= 15 is 0 Å². The van der Waals surface area contributed by atoms with E-state index in [1.165, 1.54) is 0 Å². The number of carbonyl (C=O) groups excluding carboxylic acids is 1. The van der Waals surface area contributed by atoms with Gasteiger partial charge in [0.2, 0.25) is 0 Å². The van der Waals surface area contributed by atoms with E-state index in [4.69, 9.17) is 0 Å². The van der Waals surface area contributed by atoms with Gasteiger partial charge < -0.3 is 10.0 Å². The highest BCUT2D eigenvalue weighted by Crippen LogP contribution is 2.30. The fourth-order valence-electron chi connectivity index (χ4n) is 3.68. The number of carbonyl (C=O) groups is 1. The van der Waals surface area contributed by atoms with E-state index in [-0.39, 0.29) is 27.5 Å². The topological polar surface area (TPSA) is 93.8 Å². The molecule has 1 amide bonds. The van der Waals surface area contributed by atoms with Crippen molar-refractivity contribution >= 4 is 27.5 Å². The summed E-state index contributed by atoms with van der Waals surface area (Å²) in [5, 5.41) is 9.82. The van der Waals surface area contributed by atoms with Crippen LogP contribution in [0.1, 0.15) is 41.4 Å². The van der Waals surface area contributed by atoms with Crippen LogP contribution in [0.2, 0.25) is 0 Å². The molecule has 3 heterocycles. The lowest BCUT2D eigenvalue weighted by molar-refractivity contribution is -0.325. The Labute approximate surface area is 179 Å². The molecule has 2 aromatic heterocycles. The van der Waals surface area contributed by atoms with E-state index < -0.39 is 36.9 Å². The van der Waals surface area contributed by atoms with Crippen LogP contribution in [0.15, 0.2) is 9.59 Å². The highest BCUT2D eigenvalue weighted by atomic mass is 32.1. The number of hydrogen-bond donors (Lipinski definition) is 1. The fourth-order valence-corrected chi connectivity index (χ4v) is 4.97. The largest absolute Gasteiger partial charge is 0.522 e. The summed E-state index contributed by atoms with van der Waals surface area (Å²) in [5.74, 6) is -0.322. The first kappa shape index (κ1) is 23.5. The molecule has 8 nitrogen and oxygen atoms in total. The minimum Gasteiger partial charge on any atom is -0.393 e. The van der Waals surface area contributed by atoms with E-state index in [1.807, 2.05) is 0 Å². The summed E-state index contributed by atoms with van der Waals surface area (Å²) in [7, 11) is 0. The molecule has 0 radical (unpaired) electrons. The van der Waals surface area contributed by atoms with Gasteiger partial charge >= 0.3 is 12.1 Å². The normalized spacial score (nSPS) is 15.7. The summed E-state index contributed by atoms with van der Waals surface area (Å²) in [6.07, 6.45) is -3.94. The standard InChI is InChI=1S/C19H24F3N3O5S/c1-3-6-24-15(27)13-11(2)14(16(28)23-7-4-12(26)5-8-23)31-17(13)25(18(24)29)9-10-30-19(20,21)22/h12,26H,3-10H2,1-2H3. The van der Waals surface area contributed by atoms with Crippen molar-refractivity contribution in [2.75, 3.05) is 19.7 Å². The van der Waals surface area contributed by atoms with Crippen molar-refractivity contribution in [3.63, 3.8) is 0 Å². The number of alkyl halides is 3. The number of aliphatic hydroxyl groups is 1. The van der Waals surface area contributed by atoms with Crippen LogP contribution >= 0.6 is 11.3 Å². The maximum Gasteiger partial charge on any atom is 0.522 e. The van der Waals surface area contributed by atoms with Gasteiger partial charge in [-0.3, -0.25) is 23.5 Å². The Hall–Kier alpha value is -2.18. The van der Waals surface area contributed by atoms with Crippen molar-refractivity contribution in [1.29, 1.82) is 0 Å². The van der Waals surface area contributed by atoms with Gasteiger partial charge in [0.1, 0.15) is 4.83 Å². The lowest BCUT2D eigenvalue weighted by Gasteiger charge is -2.29. The number of halogens is 3. The molecule has 1 fully saturated rings. The highest BCUT2D eigenvalue weighted by molar-refractivity contribution is 7.20. The van der Waals surface area contributed by atoms with Crippen molar-refractivity contribution < 1.29 is 27.8 Å². The van der Waals surface area contributed by atoms with E-state index in [0.29, 0.717) is 37.9 Å². The molecule has 172 valence electrons. The van der Waals surface area contributed by atoms with Gasteiger partial charge in [0.25, 0.3) is 11.5 Å². The Morgan fingerprint density at radius 2 is 1.84 bits per heavy atom. The number of aliphatic hydroxyl groups excluding tert-OH is 1. The van der Waals surface area contributed by atoms with Crippen LogP contribution in [0.5, 0.6) is 0 Å². The predicted octanol–water partition coefficient (Wildman–Crippen LogP) is 2.08. The molecule has 0 unspecified atom stereocenters. The van der Waals surface area contributed by atoms with Gasteiger partial charge in [-0.1, -0.05) is 6.92 Å². The molecule has 1 N–H and O–H groups in total. The van der Waals surface area contributed by atoms with Crippen molar-refractivity contribution in [3.8, 4) is 0 Å². The second-order valence-corrected chi connectivity index (χ2v) is 8.44. The van der Waals surface area contributed by atoms with Crippen LogP contribution in [0, 0.1) is 6.92 Å².